The Bertz CT molecular complexity index is 431. The minimum atomic E-state index is 0.601. The molecule has 0 unspecified atom stereocenters. The second-order valence-corrected chi connectivity index (χ2v) is 3.05. The lowest BCUT2D eigenvalue weighted by molar-refractivity contribution is 0.928. The van der Waals surface area contributed by atoms with Gasteiger partial charge in [-0.05, 0) is 6.07 Å². The fourth-order valence-electron chi connectivity index (χ4n) is 1.13. The lowest BCUT2D eigenvalue weighted by Gasteiger charge is -2.10. The number of nitrogen functional groups attached to an aromatic ring is 1. The quantitative estimate of drug-likeness (QED) is 0.684. The van der Waals surface area contributed by atoms with Gasteiger partial charge in [0.1, 0.15) is 5.82 Å². The van der Waals surface area contributed by atoms with Crippen LogP contribution in [0.2, 0.25) is 0 Å². The summed E-state index contributed by atoms with van der Waals surface area (Å²) in [5.74, 6) is 0.875. The third kappa shape index (κ3) is 1.18. The molecule has 0 aliphatic carbocycles. The third-order valence-corrected chi connectivity index (χ3v) is 1.84. The van der Waals surface area contributed by atoms with Crippen molar-refractivity contribution < 1.29 is 0 Å². The minimum absolute atomic E-state index is 0.601. The molecule has 5 heteroatoms. The van der Waals surface area contributed by atoms with E-state index in [-0.39, 0.29) is 0 Å². The first-order valence-electron chi connectivity index (χ1n) is 3.95. The molecule has 13 heavy (non-hydrogen) atoms. The summed E-state index contributed by atoms with van der Waals surface area (Å²) in [5, 5.41) is 4.03. The van der Waals surface area contributed by atoms with Crippen molar-refractivity contribution in [3.05, 3.63) is 18.5 Å². The first-order chi connectivity index (χ1) is 6.18. The van der Waals surface area contributed by atoms with E-state index < -0.39 is 0 Å². The van der Waals surface area contributed by atoms with Gasteiger partial charge in [0.2, 0.25) is 0 Å². The van der Waals surface area contributed by atoms with Gasteiger partial charge in [-0.1, -0.05) is 0 Å². The predicted octanol–water partition coefficient (Wildman–Crippen LogP) is 0.377. The monoisotopic (exact) mass is 177 g/mol. The summed E-state index contributed by atoms with van der Waals surface area (Å²) in [5.41, 5.74) is 6.98. The topological polar surface area (TPSA) is 59.5 Å². The van der Waals surface area contributed by atoms with Crippen LogP contribution < -0.4 is 10.6 Å². The SMILES string of the molecule is CN(C)c1ccn2ncc(N)c2n1. The lowest BCUT2D eigenvalue weighted by atomic mass is 10.5. The highest BCUT2D eigenvalue weighted by atomic mass is 15.3. The van der Waals surface area contributed by atoms with Crippen molar-refractivity contribution in [2.75, 3.05) is 24.7 Å². The second kappa shape index (κ2) is 2.62. The number of anilines is 2. The standard InChI is InChI=1S/C8H11N5/c1-12(2)7-3-4-13-8(11-7)6(9)5-10-13/h3-5H,9H2,1-2H3. The molecule has 0 fully saturated rings. The average molecular weight is 177 g/mol. The molecule has 0 aliphatic rings. The molecular weight excluding hydrogens is 166 g/mol. The Labute approximate surface area is 75.8 Å². The number of aromatic nitrogens is 3. The van der Waals surface area contributed by atoms with Gasteiger partial charge in [0.25, 0.3) is 0 Å². The highest BCUT2D eigenvalue weighted by molar-refractivity contribution is 5.65. The summed E-state index contributed by atoms with van der Waals surface area (Å²) in [7, 11) is 3.87. The number of fused-ring (bicyclic) bond motifs is 1. The van der Waals surface area contributed by atoms with Gasteiger partial charge in [0.05, 0.1) is 11.9 Å². The molecule has 0 radical (unpaired) electrons. The minimum Gasteiger partial charge on any atom is -0.394 e. The van der Waals surface area contributed by atoms with Crippen molar-refractivity contribution in [2.45, 2.75) is 0 Å². The maximum atomic E-state index is 5.68. The van der Waals surface area contributed by atoms with E-state index in [1.165, 1.54) is 0 Å². The van der Waals surface area contributed by atoms with Crippen molar-refractivity contribution in [1.82, 2.24) is 14.6 Å². The summed E-state index contributed by atoms with van der Waals surface area (Å²) < 4.78 is 1.66. The zero-order chi connectivity index (χ0) is 9.42. The number of nitrogens with two attached hydrogens (primary N) is 1. The molecule has 2 heterocycles. The van der Waals surface area contributed by atoms with Crippen LogP contribution in [0.5, 0.6) is 0 Å². The van der Waals surface area contributed by atoms with Crippen LogP contribution in [-0.2, 0) is 0 Å². The molecule has 0 saturated heterocycles. The fourth-order valence-corrected chi connectivity index (χ4v) is 1.13. The smallest absolute Gasteiger partial charge is 0.180 e. The van der Waals surface area contributed by atoms with Gasteiger partial charge >= 0.3 is 0 Å². The summed E-state index contributed by atoms with van der Waals surface area (Å²) in [6.45, 7) is 0. The summed E-state index contributed by atoms with van der Waals surface area (Å²) in [4.78, 5) is 6.26. The average Bonchev–Trinajstić information content (AvgIpc) is 2.47. The molecular formula is C8H11N5. The summed E-state index contributed by atoms with van der Waals surface area (Å²) in [6.07, 6.45) is 3.44. The third-order valence-electron chi connectivity index (χ3n) is 1.84. The van der Waals surface area contributed by atoms with E-state index in [0.29, 0.717) is 11.3 Å². The predicted molar refractivity (Wildman–Crippen MR) is 51.7 cm³/mol. The molecule has 0 bridgehead atoms. The molecule has 2 rings (SSSR count). The van der Waals surface area contributed by atoms with Crippen LogP contribution in [-0.4, -0.2) is 28.7 Å². The van der Waals surface area contributed by atoms with Gasteiger partial charge in [-0.2, -0.15) is 5.10 Å². The van der Waals surface area contributed by atoms with Crippen molar-refractivity contribution in [2.24, 2.45) is 0 Å². The molecule has 0 aliphatic heterocycles. The van der Waals surface area contributed by atoms with Gasteiger partial charge in [0.15, 0.2) is 5.65 Å². The van der Waals surface area contributed by atoms with E-state index in [2.05, 4.69) is 10.1 Å². The first-order valence-corrected chi connectivity index (χ1v) is 3.95. The van der Waals surface area contributed by atoms with Crippen LogP contribution in [0, 0.1) is 0 Å². The molecule has 0 spiro atoms. The summed E-state index contributed by atoms with van der Waals surface area (Å²) in [6, 6.07) is 1.89. The van der Waals surface area contributed by atoms with Gasteiger partial charge in [0, 0.05) is 20.3 Å². The Balaban J connectivity index is 2.66. The Morgan fingerprint density at radius 3 is 2.92 bits per heavy atom. The van der Waals surface area contributed by atoms with Crippen LogP contribution in [0.15, 0.2) is 18.5 Å². The second-order valence-electron chi connectivity index (χ2n) is 3.05. The Hall–Kier alpha value is -1.78. The molecule has 0 saturated carbocycles. The Morgan fingerprint density at radius 1 is 1.46 bits per heavy atom. The first kappa shape index (κ1) is 7.85. The van der Waals surface area contributed by atoms with Crippen molar-refractivity contribution in [1.29, 1.82) is 0 Å². The van der Waals surface area contributed by atoms with Crippen LogP contribution in [0.1, 0.15) is 0 Å². The van der Waals surface area contributed by atoms with Crippen molar-refractivity contribution in [3.63, 3.8) is 0 Å². The molecule has 0 aromatic carbocycles. The fraction of sp³-hybridized carbons (Fsp3) is 0.250. The number of rotatable bonds is 1. The van der Waals surface area contributed by atoms with E-state index in [9.17, 15) is 0 Å². The maximum absolute atomic E-state index is 5.68. The highest BCUT2D eigenvalue weighted by Gasteiger charge is 2.03. The number of hydrogen-bond acceptors (Lipinski definition) is 4. The lowest BCUT2D eigenvalue weighted by Crippen LogP contribution is -2.11. The highest BCUT2D eigenvalue weighted by Crippen LogP contribution is 2.13. The van der Waals surface area contributed by atoms with E-state index in [0.717, 1.165) is 5.82 Å². The molecule has 68 valence electrons. The molecule has 0 amide bonds. The van der Waals surface area contributed by atoms with Gasteiger partial charge in [-0.25, -0.2) is 9.50 Å². The van der Waals surface area contributed by atoms with Crippen LogP contribution in [0.3, 0.4) is 0 Å². The molecule has 0 atom stereocenters. The zero-order valence-corrected chi connectivity index (χ0v) is 7.60. The van der Waals surface area contributed by atoms with Gasteiger partial charge in [-0.15, -0.1) is 0 Å². The van der Waals surface area contributed by atoms with Crippen molar-refractivity contribution in [3.8, 4) is 0 Å². The summed E-state index contributed by atoms with van der Waals surface area (Å²) >= 11 is 0. The molecule has 5 nitrogen and oxygen atoms in total. The maximum Gasteiger partial charge on any atom is 0.180 e. The van der Waals surface area contributed by atoms with Gasteiger partial charge in [-0.3, -0.25) is 0 Å². The van der Waals surface area contributed by atoms with E-state index >= 15 is 0 Å². The largest absolute Gasteiger partial charge is 0.394 e. The number of hydrogen-bond donors (Lipinski definition) is 1. The Morgan fingerprint density at radius 2 is 2.23 bits per heavy atom. The molecule has 2 aromatic heterocycles. The van der Waals surface area contributed by atoms with Crippen LogP contribution in [0.25, 0.3) is 5.65 Å². The normalized spacial score (nSPS) is 10.6. The van der Waals surface area contributed by atoms with Crippen LogP contribution >= 0.6 is 0 Å². The molecule has 2 aromatic rings. The number of nitrogens with zero attached hydrogens (tertiary/aromatic N) is 4. The molecule has 2 N–H and O–H groups in total. The van der Waals surface area contributed by atoms with E-state index in [4.69, 9.17) is 5.73 Å². The Kier molecular flexibility index (Phi) is 1.58. The van der Waals surface area contributed by atoms with Gasteiger partial charge < -0.3 is 10.6 Å². The van der Waals surface area contributed by atoms with Crippen molar-refractivity contribution >= 4 is 17.2 Å². The van der Waals surface area contributed by atoms with E-state index in [1.807, 2.05) is 31.3 Å². The van der Waals surface area contributed by atoms with E-state index in [1.54, 1.807) is 10.7 Å². The van der Waals surface area contributed by atoms with Crippen LogP contribution in [0.4, 0.5) is 11.5 Å². The zero-order valence-electron chi connectivity index (χ0n) is 7.60.